The van der Waals surface area contributed by atoms with Crippen molar-refractivity contribution >= 4 is 16.7 Å². The van der Waals surface area contributed by atoms with Crippen molar-refractivity contribution in [1.82, 2.24) is 9.97 Å². The van der Waals surface area contributed by atoms with Crippen molar-refractivity contribution in [2.75, 3.05) is 5.73 Å². The molecule has 3 aromatic rings. The first-order valence-corrected chi connectivity index (χ1v) is 5.34. The number of aromatic nitrogens is 2. The number of halogens is 2. The highest BCUT2D eigenvalue weighted by Crippen LogP contribution is 2.23. The molecule has 0 saturated heterocycles. The van der Waals surface area contributed by atoms with Gasteiger partial charge in [-0.05, 0) is 30.3 Å². The standard InChI is InChI=1S/C13H9F2N3/c14-8-5-10(15)12-11(6-8)17-13(18-12)7-1-3-9(16)4-2-7/h1-6H,16H2,(H,17,18). The summed E-state index contributed by atoms with van der Waals surface area (Å²) in [5, 5.41) is 0. The summed E-state index contributed by atoms with van der Waals surface area (Å²) in [4.78, 5) is 7.00. The van der Waals surface area contributed by atoms with Crippen molar-refractivity contribution in [3.63, 3.8) is 0 Å². The van der Waals surface area contributed by atoms with E-state index in [1.165, 1.54) is 6.07 Å². The Morgan fingerprint density at radius 1 is 1.06 bits per heavy atom. The third kappa shape index (κ3) is 1.69. The number of anilines is 1. The van der Waals surface area contributed by atoms with Crippen LogP contribution in [0.2, 0.25) is 0 Å². The van der Waals surface area contributed by atoms with Crippen molar-refractivity contribution in [1.29, 1.82) is 0 Å². The number of hydrogen-bond acceptors (Lipinski definition) is 2. The molecule has 0 spiro atoms. The number of rotatable bonds is 1. The summed E-state index contributed by atoms with van der Waals surface area (Å²) in [7, 11) is 0. The van der Waals surface area contributed by atoms with Crippen LogP contribution in [0.15, 0.2) is 36.4 Å². The number of fused-ring (bicyclic) bond motifs is 1. The quantitative estimate of drug-likeness (QED) is 0.647. The second-order valence-electron chi connectivity index (χ2n) is 3.99. The van der Waals surface area contributed by atoms with Crippen LogP contribution < -0.4 is 5.73 Å². The molecule has 90 valence electrons. The number of nitrogens with two attached hydrogens (primary N) is 1. The van der Waals surface area contributed by atoms with Crippen LogP contribution in [0.4, 0.5) is 14.5 Å². The highest BCUT2D eigenvalue weighted by molar-refractivity contribution is 5.80. The highest BCUT2D eigenvalue weighted by atomic mass is 19.1. The number of benzene rings is 2. The number of nitrogens with zero attached hydrogens (tertiary/aromatic N) is 1. The Balaban J connectivity index is 2.19. The first-order chi connectivity index (χ1) is 8.63. The molecule has 0 aliphatic carbocycles. The molecule has 1 aromatic heterocycles. The highest BCUT2D eigenvalue weighted by Gasteiger charge is 2.10. The molecular formula is C13H9F2N3. The maximum atomic E-state index is 13.5. The van der Waals surface area contributed by atoms with E-state index in [-0.39, 0.29) is 5.52 Å². The topological polar surface area (TPSA) is 54.7 Å². The third-order valence-electron chi connectivity index (χ3n) is 2.69. The number of H-pyrrole nitrogens is 1. The van der Waals surface area contributed by atoms with Gasteiger partial charge in [0.25, 0.3) is 0 Å². The Labute approximate surface area is 101 Å². The van der Waals surface area contributed by atoms with E-state index in [1.54, 1.807) is 24.3 Å². The van der Waals surface area contributed by atoms with Crippen LogP contribution in [0.5, 0.6) is 0 Å². The van der Waals surface area contributed by atoms with Gasteiger partial charge in [0.15, 0.2) is 5.82 Å². The Kier molecular flexibility index (Phi) is 2.26. The molecular weight excluding hydrogens is 236 g/mol. The summed E-state index contributed by atoms with van der Waals surface area (Å²) in [5.41, 5.74) is 7.44. The van der Waals surface area contributed by atoms with E-state index >= 15 is 0 Å². The van der Waals surface area contributed by atoms with Gasteiger partial charge in [-0.25, -0.2) is 13.8 Å². The SMILES string of the molecule is Nc1ccc(-c2nc3c(F)cc(F)cc3[nH]2)cc1. The largest absolute Gasteiger partial charge is 0.399 e. The van der Waals surface area contributed by atoms with Crippen molar-refractivity contribution in [3.8, 4) is 11.4 Å². The molecule has 0 saturated carbocycles. The fourth-order valence-electron chi connectivity index (χ4n) is 1.82. The molecule has 0 unspecified atom stereocenters. The molecule has 0 atom stereocenters. The molecule has 0 amide bonds. The van der Waals surface area contributed by atoms with Gasteiger partial charge in [0.2, 0.25) is 0 Å². The van der Waals surface area contributed by atoms with Gasteiger partial charge in [-0.2, -0.15) is 0 Å². The fourth-order valence-corrected chi connectivity index (χ4v) is 1.82. The Morgan fingerprint density at radius 2 is 1.78 bits per heavy atom. The van der Waals surface area contributed by atoms with Gasteiger partial charge in [0.1, 0.15) is 17.2 Å². The van der Waals surface area contributed by atoms with Crippen molar-refractivity contribution in [3.05, 3.63) is 48.0 Å². The van der Waals surface area contributed by atoms with E-state index in [9.17, 15) is 8.78 Å². The number of hydrogen-bond donors (Lipinski definition) is 2. The predicted molar refractivity (Wildman–Crippen MR) is 65.9 cm³/mol. The zero-order valence-corrected chi connectivity index (χ0v) is 9.24. The lowest BCUT2D eigenvalue weighted by atomic mass is 10.2. The lowest BCUT2D eigenvalue weighted by Crippen LogP contribution is -1.85. The van der Waals surface area contributed by atoms with Gasteiger partial charge < -0.3 is 10.7 Å². The van der Waals surface area contributed by atoms with Crippen LogP contribution in [0.1, 0.15) is 0 Å². The van der Waals surface area contributed by atoms with Crippen LogP contribution in [-0.2, 0) is 0 Å². The minimum Gasteiger partial charge on any atom is -0.399 e. The molecule has 3 N–H and O–H groups in total. The van der Waals surface area contributed by atoms with Crippen molar-refractivity contribution < 1.29 is 8.78 Å². The number of aromatic amines is 1. The molecule has 2 aromatic carbocycles. The summed E-state index contributed by atoms with van der Waals surface area (Å²) >= 11 is 0. The van der Waals surface area contributed by atoms with E-state index in [4.69, 9.17) is 5.73 Å². The molecule has 0 fully saturated rings. The molecule has 18 heavy (non-hydrogen) atoms. The second-order valence-corrected chi connectivity index (χ2v) is 3.99. The molecule has 0 aliphatic heterocycles. The molecule has 1 heterocycles. The summed E-state index contributed by atoms with van der Waals surface area (Å²) in [6.07, 6.45) is 0. The predicted octanol–water partition coefficient (Wildman–Crippen LogP) is 3.09. The fraction of sp³-hybridized carbons (Fsp3) is 0. The normalized spacial score (nSPS) is 11.0. The Hall–Kier alpha value is -2.43. The molecule has 0 bridgehead atoms. The van der Waals surface area contributed by atoms with E-state index in [2.05, 4.69) is 9.97 Å². The zero-order chi connectivity index (χ0) is 12.7. The summed E-state index contributed by atoms with van der Waals surface area (Å²) < 4.78 is 26.6. The number of nitrogen functional groups attached to an aromatic ring is 1. The van der Waals surface area contributed by atoms with Gasteiger partial charge in [-0.1, -0.05) is 0 Å². The Bertz CT molecular complexity index is 717. The number of nitrogens with one attached hydrogen (secondary N) is 1. The summed E-state index contributed by atoms with van der Waals surface area (Å²) in [6, 6.07) is 9.00. The summed E-state index contributed by atoms with van der Waals surface area (Å²) in [5.74, 6) is -0.829. The van der Waals surface area contributed by atoms with Crippen LogP contribution in [0.3, 0.4) is 0 Å². The first-order valence-electron chi connectivity index (χ1n) is 5.34. The van der Waals surface area contributed by atoms with Gasteiger partial charge in [-0.3, -0.25) is 0 Å². The van der Waals surface area contributed by atoms with Gasteiger partial charge in [-0.15, -0.1) is 0 Å². The smallest absolute Gasteiger partial charge is 0.153 e. The van der Waals surface area contributed by atoms with E-state index in [0.29, 0.717) is 17.0 Å². The average Bonchev–Trinajstić information content (AvgIpc) is 2.74. The van der Waals surface area contributed by atoms with Gasteiger partial charge in [0, 0.05) is 17.3 Å². The molecule has 3 nitrogen and oxygen atoms in total. The van der Waals surface area contributed by atoms with Crippen LogP contribution in [0, 0.1) is 11.6 Å². The van der Waals surface area contributed by atoms with E-state index < -0.39 is 11.6 Å². The summed E-state index contributed by atoms with van der Waals surface area (Å²) in [6.45, 7) is 0. The molecule has 5 heteroatoms. The maximum Gasteiger partial charge on any atom is 0.153 e. The lowest BCUT2D eigenvalue weighted by Gasteiger charge is -1.96. The second kappa shape index (κ2) is 3.80. The van der Waals surface area contributed by atoms with Crippen molar-refractivity contribution in [2.45, 2.75) is 0 Å². The third-order valence-corrected chi connectivity index (χ3v) is 2.69. The minimum absolute atomic E-state index is 0.128. The van der Waals surface area contributed by atoms with E-state index in [0.717, 1.165) is 11.6 Å². The molecule has 3 rings (SSSR count). The zero-order valence-electron chi connectivity index (χ0n) is 9.24. The van der Waals surface area contributed by atoms with E-state index in [1.807, 2.05) is 0 Å². The van der Waals surface area contributed by atoms with Crippen LogP contribution >= 0.6 is 0 Å². The Morgan fingerprint density at radius 3 is 2.50 bits per heavy atom. The van der Waals surface area contributed by atoms with Crippen LogP contribution in [-0.4, -0.2) is 9.97 Å². The van der Waals surface area contributed by atoms with Crippen molar-refractivity contribution in [2.24, 2.45) is 0 Å². The average molecular weight is 245 g/mol. The first kappa shape index (κ1) is 10.7. The minimum atomic E-state index is -0.678. The monoisotopic (exact) mass is 245 g/mol. The van der Waals surface area contributed by atoms with Gasteiger partial charge >= 0.3 is 0 Å². The maximum absolute atomic E-state index is 13.5. The molecule has 0 aliphatic rings. The lowest BCUT2D eigenvalue weighted by molar-refractivity contribution is 0.591. The van der Waals surface area contributed by atoms with Crippen LogP contribution in [0.25, 0.3) is 22.4 Å². The number of imidazole rings is 1. The van der Waals surface area contributed by atoms with Gasteiger partial charge in [0.05, 0.1) is 5.52 Å². The molecule has 0 radical (unpaired) electrons.